The van der Waals surface area contributed by atoms with E-state index >= 15 is 0 Å². The molecule has 0 aliphatic heterocycles. The first-order valence-electron chi connectivity index (χ1n) is 6.95. The molecule has 6 heteroatoms. The number of hydrogen-bond donors (Lipinski definition) is 1. The Hall–Kier alpha value is -1.43. The lowest BCUT2D eigenvalue weighted by Gasteiger charge is -2.27. The lowest BCUT2D eigenvalue weighted by atomic mass is 10.2. The molecule has 0 saturated heterocycles. The molecule has 0 spiro atoms. The summed E-state index contributed by atoms with van der Waals surface area (Å²) in [7, 11) is 0. The van der Waals surface area contributed by atoms with Crippen LogP contribution in [0.2, 0.25) is 0 Å². The third-order valence-electron chi connectivity index (χ3n) is 3.07. The van der Waals surface area contributed by atoms with E-state index in [1.165, 1.54) is 6.33 Å². The topological polar surface area (TPSA) is 65.1 Å². The summed E-state index contributed by atoms with van der Waals surface area (Å²) in [5, 5.41) is 6.38. The second-order valence-electron chi connectivity index (χ2n) is 5.01. The minimum atomic E-state index is -0.0710. The van der Waals surface area contributed by atoms with Crippen molar-refractivity contribution in [3.63, 3.8) is 0 Å². The van der Waals surface area contributed by atoms with Crippen molar-refractivity contribution in [2.45, 2.75) is 27.7 Å². The van der Waals surface area contributed by atoms with Gasteiger partial charge in [-0.05, 0) is 19.0 Å². The van der Waals surface area contributed by atoms with E-state index in [0.717, 1.165) is 32.7 Å². The van der Waals surface area contributed by atoms with E-state index in [1.54, 1.807) is 0 Å². The van der Waals surface area contributed by atoms with Gasteiger partial charge in [-0.15, -0.1) is 0 Å². The minimum absolute atomic E-state index is 0.0710. The number of nitrogens with one attached hydrogen (secondary N) is 1. The van der Waals surface area contributed by atoms with E-state index in [2.05, 4.69) is 47.8 Å². The van der Waals surface area contributed by atoms with Crippen LogP contribution in [0, 0.1) is 5.92 Å². The van der Waals surface area contributed by atoms with Gasteiger partial charge in [0.25, 0.3) is 5.91 Å². The fourth-order valence-electron chi connectivity index (χ4n) is 1.98. The Balaban J connectivity index is 2.64. The highest BCUT2D eigenvalue weighted by molar-refractivity contribution is 5.90. The zero-order valence-corrected chi connectivity index (χ0v) is 12.4. The van der Waals surface area contributed by atoms with Crippen LogP contribution in [0.15, 0.2) is 6.33 Å². The highest BCUT2D eigenvalue weighted by atomic mass is 16.2. The number of H-pyrrole nitrogens is 1. The average Bonchev–Trinajstić information content (AvgIpc) is 2.91. The fourth-order valence-corrected chi connectivity index (χ4v) is 1.98. The van der Waals surface area contributed by atoms with E-state index < -0.39 is 0 Å². The number of carbonyl (C=O) groups excluding carboxylic acids is 1. The number of carbonyl (C=O) groups is 1. The second-order valence-corrected chi connectivity index (χ2v) is 5.01. The summed E-state index contributed by atoms with van der Waals surface area (Å²) in [6.07, 6.45) is 1.37. The second kappa shape index (κ2) is 7.89. The predicted molar refractivity (Wildman–Crippen MR) is 74.9 cm³/mol. The number of hydrogen-bond acceptors (Lipinski definition) is 4. The molecule has 0 unspecified atom stereocenters. The van der Waals surface area contributed by atoms with Crippen LogP contribution in [0.4, 0.5) is 0 Å². The molecule has 0 fully saturated rings. The molecule has 0 bridgehead atoms. The van der Waals surface area contributed by atoms with Crippen LogP contribution >= 0.6 is 0 Å². The van der Waals surface area contributed by atoms with Crippen LogP contribution in [0.25, 0.3) is 0 Å². The van der Waals surface area contributed by atoms with Crippen LogP contribution in [-0.4, -0.2) is 63.6 Å². The van der Waals surface area contributed by atoms with Crippen LogP contribution in [-0.2, 0) is 0 Å². The highest BCUT2D eigenvalue weighted by Crippen LogP contribution is 2.04. The molecule has 1 amide bonds. The Kier molecular flexibility index (Phi) is 6.49. The molecule has 108 valence electrons. The van der Waals surface area contributed by atoms with E-state index in [1.807, 2.05) is 4.90 Å². The van der Waals surface area contributed by atoms with Gasteiger partial charge in [0.1, 0.15) is 6.33 Å². The zero-order valence-electron chi connectivity index (χ0n) is 12.4. The first-order valence-corrected chi connectivity index (χ1v) is 6.95. The molecule has 0 radical (unpaired) electrons. The minimum Gasteiger partial charge on any atom is -0.334 e. The largest absolute Gasteiger partial charge is 0.334 e. The summed E-state index contributed by atoms with van der Waals surface area (Å²) in [6.45, 7) is 12.8. The van der Waals surface area contributed by atoms with Crippen LogP contribution in [0.5, 0.6) is 0 Å². The first kappa shape index (κ1) is 15.6. The third kappa shape index (κ3) is 4.98. The number of aromatic nitrogens is 3. The van der Waals surface area contributed by atoms with E-state index in [-0.39, 0.29) is 5.91 Å². The molecule has 0 saturated carbocycles. The van der Waals surface area contributed by atoms with Crippen molar-refractivity contribution in [1.82, 2.24) is 25.0 Å². The van der Waals surface area contributed by atoms with Crippen LogP contribution in [0.1, 0.15) is 38.3 Å². The predicted octanol–water partition coefficient (Wildman–Crippen LogP) is 1.24. The SMILES string of the molecule is CCN(CC)CCN(CC(C)C)C(=O)c1ncn[nH]1. The van der Waals surface area contributed by atoms with E-state index in [0.29, 0.717) is 11.7 Å². The Morgan fingerprint density at radius 3 is 2.47 bits per heavy atom. The maximum absolute atomic E-state index is 12.3. The third-order valence-corrected chi connectivity index (χ3v) is 3.07. The van der Waals surface area contributed by atoms with Gasteiger partial charge in [-0.3, -0.25) is 9.89 Å². The van der Waals surface area contributed by atoms with Crippen molar-refractivity contribution in [3.8, 4) is 0 Å². The van der Waals surface area contributed by atoms with Crippen molar-refractivity contribution in [3.05, 3.63) is 12.2 Å². The molecule has 6 nitrogen and oxygen atoms in total. The highest BCUT2D eigenvalue weighted by Gasteiger charge is 2.19. The summed E-state index contributed by atoms with van der Waals surface area (Å²) >= 11 is 0. The Morgan fingerprint density at radius 1 is 1.32 bits per heavy atom. The van der Waals surface area contributed by atoms with E-state index in [9.17, 15) is 4.79 Å². The van der Waals surface area contributed by atoms with Gasteiger partial charge in [0, 0.05) is 19.6 Å². The molecular formula is C13H25N5O. The summed E-state index contributed by atoms with van der Waals surface area (Å²) in [4.78, 5) is 20.4. The zero-order chi connectivity index (χ0) is 14.3. The molecule has 1 heterocycles. The van der Waals surface area contributed by atoms with Gasteiger partial charge in [-0.1, -0.05) is 27.7 Å². The molecule has 1 rings (SSSR count). The molecule has 0 aliphatic carbocycles. The average molecular weight is 267 g/mol. The number of nitrogens with zero attached hydrogens (tertiary/aromatic N) is 4. The molecule has 19 heavy (non-hydrogen) atoms. The van der Waals surface area contributed by atoms with Gasteiger partial charge in [-0.25, -0.2) is 4.98 Å². The van der Waals surface area contributed by atoms with Crippen molar-refractivity contribution < 1.29 is 4.79 Å². The number of amides is 1. The van der Waals surface area contributed by atoms with Gasteiger partial charge in [0.15, 0.2) is 0 Å². The molecule has 1 aromatic heterocycles. The molecule has 1 aromatic rings. The maximum atomic E-state index is 12.3. The lowest BCUT2D eigenvalue weighted by molar-refractivity contribution is 0.0704. The van der Waals surface area contributed by atoms with Crippen molar-refractivity contribution in [2.75, 3.05) is 32.7 Å². The molecular weight excluding hydrogens is 242 g/mol. The molecule has 0 atom stereocenters. The van der Waals surface area contributed by atoms with Gasteiger partial charge in [-0.2, -0.15) is 5.10 Å². The van der Waals surface area contributed by atoms with Gasteiger partial charge < -0.3 is 9.80 Å². The molecule has 1 N–H and O–H groups in total. The quantitative estimate of drug-likeness (QED) is 0.769. The van der Waals surface area contributed by atoms with Crippen LogP contribution in [0.3, 0.4) is 0 Å². The molecule has 0 aliphatic rings. The Bertz CT molecular complexity index is 359. The van der Waals surface area contributed by atoms with Gasteiger partial charge >= 0.3 is 0 Å². The summed E-state index contributed by atoms with van der Waals surface area (Å²) in [6, 6.07) is 0. The molecule has 0 aromatic carbocycles. The lowest BCUT2D eigenvalue weighted by Crippen LogP contribution is -2.41. The first-order chi connectivity index (χ1) is 9.08. The fraction of sp³-hybridized carbons (Fsp3) is 0.769. The smallest absolute Gasteiger partial charge is 0.291 e. The van der Waals surface area contributed by atoms with Crippen molar-refractivity contribution in [2.24, 2.45) is 5.92 Å². The monoisotopic (exact) mass is 267 g/mol. The Labute approximate surface area is 115 Å². The van der Waals surface area contributed by atoms with Gasteiger partial charge in [0.05, 0.1) is 0 Å². The van der Waals surface area contributed by atoms with Crippen LogP contribution < -0.4 is 0 Å². The number of likely N-dealkylation sites (N-methyl/N-ethyl adjacent to an activating group) is 1. The number of rotatable bonds is 8. The summed E-state index contributed by atoms with van der Waals surface area (Å²) in [5.41, 5.74) is 0. The van der Waals surface area contributed by atoms with Crippen molar-refractivity contribution in [1.29, 1.82) is 0 Å². The normalized spacial score (nSPS) is 11.3. The van der Waals surface area contributed by atoms with E-state index in [4.69, 9.17) is 0 Å². The summed E-state index contributed by atoms with van der Waals surface area (Å²) in [5.74, 6) is 0.683. The van der Waals surface area contributed by atoms with Gasteiger partial charge in [0.2, 0.25) is 5.82 Å². The Morgan fingerprint density at radius 2 is 2.00 bits per heavy atom. The summed E-state index contributed by atoms with van der Waals surface area (Å²) < 4.78 is 0. The van der Waals surface area contributed by atoms with Crippen molar-refractivity contribution >= 4 is 5.91 Å². The standard InChI is InChI=1S/C13H25N5O/c1-5-17(6-2)7-8-18(9-11(3)4)13(19)12-14-10-15-16-12/h10-11H,5-9H2,1-4H3,(H,14,15,16). The number of aromatic amines is 1. The maximum Gasteiger partial charge on any atom is 0.291 e.